The quantitative estimate of drug-likeness (QED) is 0.767. The van der Waals surface area contributed by atoms with Crippen molar-refractivity contribution >= 4 is 27.2 Å². The minimum atomic E-state index is 0.543. The minimum Gasteiger partial charge on any atom is -0.437 e. The van der Waals surface area contributed by atoms with Gasteiger partial charge in [0.2, 0.25) is 0 Å². The molecule has 1 aliphatic carbocycles. The van der Waals surface area contributed by atoms with E-state index in [4.69, 9.17) is 4.42 Å². The first kappa shape index (κ1) is 7.50. The van der Waals surface area contributed by atoms with Crippen molar-refractivity contribution in [2.75, 3.05) is 0 Å². The second-order valence-electron chi connectivity index (χ2n) is 3.27. The van der Waals surface area contributed by atoms with E-state index in [9.17, 15) is 0 Å². The molecule has 0 saturated heterocycles. The van der Waals surface area contributed by atoms with Crippen LogP contribution in [0, 0.1) is 0 Å². The third kappa shape index (κ3) is 1.16. The summed E-state index contributed by atoms with van der Waals surface area (Å²) in [4.78, 5) is 8.47. The molecule has 0 amide bonds. The summed E-state index contributed by atoms with van der Waals surface area (Å²) in [5.41, 5.74) is 1.47. The first-order chi connectivity index (χ1) is 6.34. The molecule has 0 N–H and O–H groups in total. The molecule has 0 spiro atoms. The minimum absolute atomic E-state index is 0.543. The van der Waals surface area contributed by atoms with Gasteiger partial charge in [-0.05, 0) is 34.8 Å². The molecule has 66 valence electrons. The summed E-state index contributed by atoms with van der Waals surface area (Å²) in [6.45, 7) is 0. The van der Waals surface area contributed by atoms with Crippen LogP contribution < -0.4 is 0 Å². The summed E-state index contributed by atoms with van der Waals surface area (Å²) in [6.07, 6.45) is 4.13. The van der Waals surface area contributed by atoms with Gasteiger partial charge >= 0.3 is 0 Å². The zero-order valence-corrected chi connectivity index (χ0v) is 8.41. The summed E-state index contributed by atoms with van der Waals surface area (Å²) in [7, 11) is 0. The van der Waals surface area contributed by atoms with Crippen molar-refractivity contribution in [3.63, 3.8) is 0 Å². The highest BCUT2D eigenvalue weighted by Crippen LogP contribution is 2.40. The van der Waals surface area contributed by atoms with Crippen molar-refractivity contribution in [3.8, 4) is 0 Å². The summed E-state index contributed by atoms with van der Waals surface area (Å²) < 4.78 is 6.53. The number of aromatic nitrogens is 2. The van der Waals surface area contributed by atoms with Crippen LogP contribution in [-0.4, -0.2) is 9.97 Å². The lowest BCUT2D eigenvalue weighted by atomic mass is 10.4. The molecule has 0 aliphatic heterocycles. The molecule has 4 heteroatoms. The molecule has 0 radical (unpaired) electrons. The standard InChI is InChI=1S/C9H7BrN2O/c10-6-3-4-11-8-7(6)13-9(12-8)5-1-2-5/h3-5H,1-2H2. The third-order valence-electron chi connectivity index (χ3n) is 2.19. The lowest BCUT2D eigenvalue weighted by Crippen LogP contribution is -1.77. The molecule has 13 heavy (non-hydrogen) atoms. The van der Waals surface area contributed by atoms with E-state index in [1.165, 1.54) is 12.8 Å². The van der Waals surface area contributed by atoms with E-state index in [1.807, 2.05) is 6.07 Å². The monoisotopic (exact) mass is 238 g/mol. The molecule has 1 fully saturated rings. The van der Waals surface area contributed by atoms with Crippen molar-refractivity contribution in [2.45, 2.75) is 18.8 Å². The Hall–Kier alpha value is -0.900. The largest absolute Gasteiger partial charge is 0.437 e. The van der Waals surface area contributed by atoms with Crippen LogP contribution in [0.3, 0.4) is 0 Å². The number of pyridine rings is 1. The number of rotatable bonds is 1. The molecule has 2 heterocycles. The van der Waals surface area contributed by atoms with E-state index >= 15 is 0 Å². The second kappa shape index (κ2) is 2.54. The third-order valence-corrected chi connectivity index (χ3v) is 2.81. The van der Waals surface area contributed by atoms with Crippen LogP contribution in [0.25, 0.3) is 11.2 Å². The van der Waals surface area contributed by atoms with E-state index in [0.29, 0.717) is 11.6 Å². The molecule has 2 aromatic heterocycles. The molecular weight excluding hydrogens is 232 g/mol. The Morgan fingerprint density at radius 2 is 2.31 bits per heavy atom. The fourth-order valence-electron chi connectivity index (χ4n) is 1.33. The molecule has 0 atom stereocenters. The maximum atomic E-state index is 5.60. The van der Waals surface area contributed by atoms with Crippen LogP contribution in [0.1, 0.15) is 24.7 Å². The highest BCUT2D eigenvalue weighted by Gasteiger charge is 2.29. The van der Waals surface area contributed by atoms with Crippen LogP contribution in [-0.2, 0) is 0 Å². The first-order valence-corrected chi connectivity index (χ1v) is 5.05. The number of halogens is 1. The number of hydrogen-bond donors (Lipinski definition) is 0. The number of hydrogen-bond acceptors (Lipinski definition) is 3. The van der Waals surface area contributed by atoms with Gasteiger partial charge in [0.25, 0.3) is 0 Å². The van der Waals surface area contributed by atoms with E-state index in [2.05, 4.69) is 25.9 Å². The SMILES string of the molecule is Brc1ccnc2nc(C3CC3)oc12. The maximum Gasteiger partial charge on any atom is 0.200 e. The van der Waals surface area contributed by atoms with Crippen LogP contribution in [0.5, 0.6) is 0 Å². The number of nitrogens with zero attached hydrogens (tertiary/aromatic N) is 2. The predicted molar refractivity (Wildman–Crippen MR) is 51.5 cm³/mol. The Labute approximate surface area is 83.3 Å². The molecule has 1 aliphatic rings. The zero-order valence-electron chi connectivity index (χ0n) is 6.83. The van der Waals surface area contributed by atoms with Gasteiger partial charge in [-0.15, -0.1) is 0 Å². The topological polar surface area (TPSA) is 38.9 Å². The molecule has 1 saturated carbocycles. The summed E-state index contributed by atoms with van der Waals surface area (Å²) in [5.74, 6) is 1.38. The average molecular weight is 239 g/mol. The van der Waals surface area contributed by atoms with E-state index in [1.54, 1.807) is 6.20 Å². The van der Waals surface area contributed by atoms with Crippen LogP contribution in [0.2, 0.25) is 0 Å². The fourth-order valence-corrected chi connectivity index (χ4v) is 1.70. The molecule has 0 aromatic carbocycles. The smallest absolute Gasteiger partial charge is 0.200 e. The molecule has 3 rings (SSSR count). The van der Waals surface area contributed by atoms with Gasteiger partial charge in [-0.1, -0.05) is 0 Å². The normalized spacial score (nSPS) is 16.7. The summed E-state index contributed by atoms with van der Waals surface area (Å²) in [6, 6.07) is 1.87. The van der Waals surface area contributed by atoms with Gasteiger partial charge in [0.05, 0.1) is 4.47 Å². The van der Waals surface area contributed by atoms with E-state index in [0.717, 1.165) is 15.9 Å². The van der Waals surface area contributed by atoms with Crippen LogP contribution in [0.15, 0.2) is 21.2 Å². The average Bonchev–Trinajstić information content (AvgIpc) is 2.87. The molecular formula is C9H7BrN2O. The van der Waals surface area contributed by atoms with E-state index < -0.39 is 0 Å². The van der Waals surface area contributed by atoms with Crippen molar-refractivity contribution in [2.24, 2.45) is 0 Å². The van der Waals surface area contributed by atoms with Crippen molar-refractivity contribution in [1.82, 2.24) is 9.97 Å². The molecule has 0 unspecified atom stereocenters. The van der Waals surface area contributed by atoms with Gasteiger partial charge in [-0.25, -0.2) is 4.98 Å². The van der Waals surface area contributed by atoms with Crippen LogP contribution >= 0.6 is 15.9 Å². The number of oxazole rings is 1. The van der Waals surface area contributed by atoms with Gasteiger partial charge in [0, 0.05) is 12.1 Å². The number of fused-ring (bicyclic) bond motifs is 1. The maximum absolute atomic E-state index is 5.60. The van der Waals surface area contributed by atoms with Gasteiger partial charge in [0.15, 0.2) is 17.1 Å². The Bertz CT molecular complexity index is 462. The highest BCUT2D eigenvalue weighted by molar-refractivity contribution is 9.10. The Morgan fingerprint density at radius 1 is 1.46 bits per heavy atom. The molecule has 2 aromatic rings. The van der Waals surface area contributed by atoms with Gasteiger partial charge in [-0.3, -0.25) is 0 Å². The van der Waals surface area contributed by atoms with Gasteiger partial charge in [-0.2, -0.15) is 4.98 Å². The van der Waals surface area contributed by atoms with Crippen LogP contribution in [0.4, 0.5) is 0 Å². The summed E-state index contributed by atoms with van der Waals surface area (Å²) >= 11 is 3.41. The van der Waals surface area contributed by atoms with Gasteiger partial charge in [0.1, 0.15) is 0 Å². The first-order valence-electron chi connectivity index (χ1n) is 4.25. The zero-order chi connectivity index (χ0) is 8.84. The van der Waals surface area contributed by atoms with Gasteiger partial charge < -0.3 is 4.42 Å². The Balaban J connectivity index is 2.26. The molecule has 0 bridgehead atoms. The Morgan fingerprint density at radius 3 is 3.00 bits per heavy atom. The lowest BCUT2D eigenvalue weighted by Gasteiger charge is -1.87. The van der Waals surface area contributed by atoms with Crippen molar-refractivity contribution in [1.29, 1.82) is 0 Å². The predicted octanol–water partition coefficient (Wildman–Crippen LogP) is 2.86. The highest BCUT2D eigenvalue weighted by atomic mass is 79.9. The van der Waals surface area contributed by atoms with Crippen molar-refractivity contribution < 1.29 is 4.42 Å². The second-order valence-corrected chi connectivity index (χ2v) is 4.13. The Kier molecular flexibility index (Phi) is 1.47. The summed E-state index contributed by atoms with van der Waals surface area (Å²) in [5, 5.41) is 0. The van der Waals surface area contributed by atoms with Crippen molar-refractivity contribution in [3.05, 3.63) is 22.6 Å². The lowest BCUT2D eigenvalue weighted by molar-refractivity contribution is 0.532. The molecule has 3 nitrogen and oxygen atoms in total. The fraction of sp³-hybridized carbons (Fsp3) is 0.333. The van der Waals surface area contributed by atoms with E-state index in [-0.39, 0.29) is 0 Å².